The topological polar surface area (TPSA) is 68.1 Å². The quantitative estimate of drug-likeness (QED) is 0.771. The Bertz CT molecular complexity index is 1110. The van der Waals surface area contributed by atoms with Crippen molar-refractivity contribution in [2.75, 3.05) is 24.6 Å². The monoisotopic (exact) mass is 410 g/mol. The van der Waals surface area contributed by atoms with E-state index in [0.717, 1.165) is 55.1 Å². The number of aromatic nitrogens is 3. The van der Waals surface area contributed by atoms with Gasteiger partial charge in [-0.3, -0.25) is 14.6 Å². The van der Waals surface area contributed by atoms with Crippen LogP contribution in [0.2, 0.25) is 0 Å². The van der Waals surface area contributed by atoms with Gasteiger partial charge in [0.2, 0.25) is 0 Å². The second kappa shape index (κ2) is 5.11. The molecule has 6 fully saturated rings. The molecule has 29 heavy (non-hydrogen) atoms. The number of hydrogen-bond donors (Lipinski definition) is 0. The van der Waals surface area contributed by atoms with Crippen molar-refractivity contribution in [2.45, 2.75) is 37.8 Å². The van der Waals surface area contributed by atoms with E-state index in [1.165, 1.54) is 12.1 Å². The minimum absolute atomic E-state index is 0.0764. The fraction of sp³-hybridized carbons (Fsp3) is 0.636. The Morgan fingerprint density at radius 2 is 2.14 bits per heavy atom. The van der Waals surface area contributed by atoms with Gasteiger partial charge in [0.05, 0.1) is 17.2 Å². The lowest BCUT2D eigenvalue weighted by Gasteiger charge is -2.38. The summed E-state index contributed by atoms with van der Waals surface area (Å²) < 4.78 is 25.7. The summed E-state index contributed by atoms with van der Waals surface area (Å²) in [5.74, 6) is 3.23. The third-order valence-corrected chi connectivity index (χ3v) is 10.8. The van der Waals surface area contributed by atoms with Crippen LogP contribution in [0.4, 0.5) is 0 Å². The predicted octanol–water partition coefficient (Wildman–Crippen LogP) is 1.97. The molecule has 4 heterocycles. The maximum atomic E-state index is 11.7. The number of aryl methyl sites for hydroxylation is 1. The Balaban J connectivity index is 1.15. The molecule has 2 bridgehead atoms. The first-order valence-electron chi connectivity index (χ1n) is 10.9. The van der Waals surface area contributed by atoms with Crippen LogP contribution in [-0.2, 0) is 21.8 Å². The third-order valence-electron chi connectivity index (χ3n) is 8.70. The van der Waals surface area contributed by atoms with Crippen molar-refractivity contribution in [3.8, 4) is 11.3 Å². The minimum Gasteiger partial charge on any atom is -0.299 e. The van der Waals surface area contributed by atoms with Crippen LogP contribution in [0.3, 0.4) is 0 Å². The van der Waals surface area contributed by atoms with Gasteiger partial charge in [-0.05, 0) is 62.3 Å². The van der Waals surface area contributed by atoms with Crippen LogP contribution in [0.25, 0.3) is 11.3 Å². The van der Waals surface area contributed by atoms with Crippen LogP contribution in [0.5, 0.6) is 0 Å². The number of nitrogens with zero attached hydrogens (tertiary/aromatic N) is 4. The van der Waals surface area contributed by atoms with Crippen molar-refractivity contribution in [1.29, 1.82) is 0 Å². The fourth-order valence-electron chi connectivity index (χ4n) is 7.61. The molecule has 4 aliphatic carbocycles. The van der Waals surface area contributed by atoms with E-state index >= 15 is 0 Å². The summed E-state index contributed by atoms with van der Waals surface area (Å²) in [4.78, 5) is 6.91. The smallest absolute Gasteiger partial charge is 0.151 e. The SMILES string of the molecule is CCn1nc(-c2cccnc2)cc1[C@]12C3[C@@H](N4CCC5(C4)CS(=O)(=O)C5)C[C@@H]1[C@H]32. The molecule has 0 radical (unpaired) electrons. The molecule has 6 nitrogen and oxygen atoms in total. The van der Waals surface area contributed by atoms with Crippen LogP contribution in [-0.4, -0.2) is 58.7 Å². The van der Waals surface area contributed by atoms with Crippen LogP contribution in [0.1, 0.15) is 25.5 Å². The van der Waals surface area contributed by atoms with E-state index in [1.54, 1.807) is 6.20 Å². The second-order valence-corrected chi connectivity index (χ2v) is 12.2. The van der Waals surface area contributed by atoms with E-state index in [1.807, 2.05) is 12.3 Å². The fourth-order valence-corrected chi connectivity index (χ4v) is 9.86. The van der Waals surface area contributed by atoms with Crippen LogP contribution >= 0.6 is 0 Å². The van der Waals surface area contributed by atoms with Gasteiger partial charge in [-0.15, -0.1) is 0 Å². The molecule has 1 spiro atoms. The molecule has 2 saturated heterocycles. The van der Waals surface area contributed by atoms with E-state index in [0.29, 0.717) is 23.0 Å². The molecule has 2 aliphatic heterocycles. The van der Waals surface area contributed by atoms with Gasteiger partial charge < -0.3 is 0 Å². The summed E-state index contributed by atoms with van der Waals surface area (Å²) in [7, 11) is -2.75. The lowest BCUT2D eigenvalue weighted by atomic mass is 9.91. The summed E-state index contributed by atoms with van der Waals surface area (Å²) in [5, 5.41) is 4.91. The Hall–Kier alpha value is -1.73. The number of hydrogen-bond acceptors (Lipinski definition) is 5. The Morgan fingerprint density at radius 1 is 1.28 bits per heavy atom. The van der Waals surface area contributed by atoms with E-state index in [2.05, 4.69) is 33.6 Å². The molecule has 2 aromatic rings. The summed E-state index contributed by atoms with van der Waals surface area (Å²) in [6.45, 7) is 5.16. The molecular formula is C22H26N4O2S. The molecule has 7 heteroatoms. The molecular weight excluding hydrogens is 384 g/mol. The van der Waals surface area contributed by atoms with Crippen molar-refractivity contribution < 1.29 is 8.42 Å². The van der Waals surface area contributed by atoms with E-state index < -0.39 is 9.84 Å². The van der Waals surface area contributed by atoms with Crippen LogP contribution in [0.15, 0.2) is 30.6 Å². The number of likely N-dealkylation sites (tertiary alicyclic amines) is 1. The highest BCUT2D eigenvalue weighted by Gasteiger charge is 2.93. The average Bonchev–Trinajstić information content (AvgIpc) is 3.19. The van der Waals surface area contributed by atoms with Crippen molar-refractivity contribution in [1.82, 2.24) is 19.7 Å². The first kappa shape index (κ1) is 17.0. The normalized spacial score (nSPS) is 40.0. The van der Waals surface area contributed by atoms with Crippen molar-refractivity contribution in [3.63, 3.8) is 0 Å². The van der Waals surface area contributed by atoms with Gasteiger partial charge in [0.1, 0.15) is 0 Å². The predicted molar refractivity (Wildman–Crippen MR) is 109 cm³/mol. The molecule has 4 saturated carbocycles. The van der Waals surface area contributed by atoms with Gasteiger partial charge in [0, 0.05) is 53.6 Å². The maximum absolute atomic E-state index is 11.7. The highest BCUT2D eigenvalue weighted by Crippen LogP contribution is 2.91. The zero-order valence-electron chi connectivity index (χ0n) is 16.7. The zero-order chi connectivity index (χ0) is 19.6. The van der Waals surface area contributed by atoms with Crippen LogP contribution < -0.4 is 0 Å². The number of sulfone groups is 1. The highest BCUT2D eigenvalue weighted by molar-refractivity contribution is 7.92. The number of pyridine rings is 1. The van der Waals surface area contributed by atoms with E-state index in [4.69, 9.17) is 5.10 Å². The standard InChI is InChI=1S/C22H26N4O2S/c1-2-26-18(9-16(24-26)14-4-3-6-23-10-14)22-15-8-17(20(22)19(15)22)25-7-5-21(11-25)12-29(27,28)13-21/h3-4,6,9-10,15,17,19-20H,2,5,7-8,11-13H2,1H3/t15-,17+,19-,20?,22-/m1/s1. The highest BCUT2D eigenvalue weighted by atomic mass is 32.2. The Morgan fingerprint density at radius 3 is 2.83 bits per heavy atom. The molecule has 0 amide bonds. The van der Waals surface area contributed by atoms with Gasteiger partial charge in [0.25, 0.3) is 0 Å². The molecule has 6 aliphatic rings. The molecule has 5 atom stereocenters. The maximum Gasteiger partial charge on any atom is 0.151 e. The Kier molecular flexibility index (Phi) is 3.00. The van der Waals surface area contributed by atoms with Crippen LogP contribution in [0, 0.1) is 23.2 Å². The third kappa shape index (κ3) is 2.03. The lowest BCUT2D eigenvalue weighted by molar-refractivity contribution is 0.204. The molecule has 152 valence electrons. The summed E-state index contributed by atoms with van der Waals surface area (Å²) >= 11 is 0. The second-order valence-electron chi connectivity index (χ2n) is 10.1. The van der Waals surface area contributed by atoms with Gasteiger partial charge in [-0.1, -0.05) is 0 Å². The van der Waals surface area contributed by atoms with Gasteiger partial charge in [0.15, 0.2) is 9.84 Å². The van der Waals surface area contributed by atoms with Gasteiger partial charge in [-0.2, -0.15) is 5.10 Å². The molecule has 2 aromatic heterocycles. The number of fused-ring (bicyclic) bond motifs is 1. The average molecular weight is 411 g/mol. The lowest BCUT2D eigenvalue weighted by Crippen LogP contribution is -2.50. The van der Waals surface area contributed by atoms with Gasteiger partial charge >= 0.3 is 0 Å². The minimum atomic E-state index is -2.75. The van der Waals surface area contributed by atoms with Crippen molar-refractivity contribution >= 4 is 9.84 Å². The first-order chi connectivity index (χ1) is 14.0. The number of rotatable bonds is 4. The zero-order valence-corrected chi connectivity index (χ0v) is 17.5. The molecule has 8 rings (SSSR count). The summed E-state index contributed by atoms with van der Waals surface area (Å²) in [6.07, 6.45) is 6.05. The van der Waals surface area contributed by atoms with Crippen molar-refractivity contribution in [3.05, 3.63) is 36.3 Å². The Labute approximate surface area is 171 Å². The molecule has 0 N–H and O–H groups in total. The summed E-state index contributed by atoms with van der Waals surface area (Å²) in [6, 6.07) is 7.02. The van der Waals surface area contributed by atoms with Gasteiger partial charge in [-0.25, -0.2) is 8.42 Å². The van der Waals surface area contributed by atoms with Crippen molar-refractivity contribution in [2.24, 2.45) is 23.2 Å². The first-order valence-corrected chi connectivity index (χ1v) is 12.7. The summed E-state index contributed by atoms with van der Waals surface area (Å²) in [5.41, 5.74) is 3.99. The largest absolute Gasteiger partial charge is 0.299 e. The van der Waals surface area contributed by atoms with E-state index in [9.17, 15) is 8.42 Å². The molecule has 0 aromatic carbocycles. The molecule has 1 unspecified atom stereocenters. The van der Waals surface area contributed by atoms with E-state index in [-0.39, 0.29) is 5.41 Å².